The van der Waals surface area contributed by atoms with Crippen molar-refractivity contribution >= 4 is 0 Å². The topological polar surface area (TPSA) is 3.24 Å². The van der Waals surface area contributed by atoms with Crippen molar-refractivity contribution in [3.8, 4) is 0 Å². The van der Waals surface area contributed by atoms with Crippen molar-refractivity contribution in [1.82, 2.24) is 4.90 Å². The molecule has 27 heavy (non-hydrogen) atoms. The van der Waals surface area contributed by atoms with Crippen LogP contribution in [-0.2, 0) is 31.5 Å². The van der Waals surface area contributed by atoms with Crippen molar-refractivity contribution in [2.24, 2.45) is 0 Å². The van der Waals surface area contributed by atoms with E-state index in [4.69, 9.17) is 0 Å². The Morgan fingerprint density at radius 3 is 1.63 bits per heavy atom. The van der Waals surface area contributed by atoms with E-state index in [2.05, 4.69) is 98.5 Å². The molecule has 0 bridgehead atoms. The van der Waals surface area contributed by atoms with E-state index in [-0.39, 0.29) is 5.41 Å². The van der Waals surface area contributed by atoms with Crippen molar-refractivity contribution in [3.05, 3.63) is 106 Å². The van der Waals surface area contributed by atoms with Gasteiger partial charge in [-0.1, -0.05) is 93.6 Å². The zero-order chi connectivity index (χ0) is 18.9. The normalized spacial score (nSPS) is 14.8. The molecule has 1 heterocycles. The number of nitrogens with zero attached hydrogens (tertiary/aromatic N) is 1. The minimum atomic E-state index is 0.205. The lowest BCUT2D eigenvalue weighted by atomic mass is 9.86. The van der Waals surface area contributed by atoms with Crippen LogP contribution in [0.2, 0.25) is 0 Å². The number of hydrogen-bond acceptors (Lipinski definition) is 1. The lowest BCUT2D eigenvalue weighted by molar-refractivity contribution is 0.244. The van der Waals surface area contributed by atoms with Gasteiger partial charge in [0.2, 0.25) is 0 Å². The Bertz CT molecular complexity index is 868. The van der Waals surface area contributed by atoms with Crippen LogP contribution >= 0.6 is 0 Å². The monoisotopic (exact) mass is 355 g/mol. The van der Waals surface area contributed by atoms with Gasteiger partial charge in [-0.2, -0.15) is 0 Å². The van der Waals surface area contributed by atoms with E-state index in [9.17, 15) is 0 Å². The highest BCUT2D eigenvalue weighted by Gasteiger charge is 2.18. The Hall–Kier alpha value is -2.38. The zero-order valence-electron chi connectivity index (χ0n) is 16.7. The summed E-state index contributed by atoms with van der Waals surface area (Å²) in [6.45, 7) is 9.81. The van der Waals surface area contributed by atoms with E-state index in [1.165, 1.54) is 33.4 Å². The molecule has 0 fully saturated rings. The van der Waals surface area contributed by atoms with Gasteiger partial charge in [-0.15, -0.1) is 0 Å². The molecule has 0 atom stereocenters. The van der Waals surface area contributed by atoms with Crippen molar-refractivity contribution in [1.29, 1.82) is 0 Å². The van der Waals surface area contributed by atoms with Crippen molar-refractivity contribution in [3.63, 3.8) is 0 Å². The highest BCUT2D eigenvalue weighted by Crippen LogP contribution is 2.26. The van der Waals surface area contributed by atoms with Gasteiger partial charge in [0, 0.05) is 19.6 Å². The van der Waals surface area contributed by atoms with Gasteiger partial charge in [0.1, 0.15) is 0 Å². The Balaban J connectivity index is 1.63. The largest absolute Gasteiger partial charge is 0.291 e. The molecule has 0 spiro atoms. The molecule has 4 rings (SSSR count). The maximum atomic E-state index is 2.57. The zero-order valence-corrected chi connectivity index (χ0v) is 16.7. The quantitative estimate of drug-likeness (QED) is 0.537. The van der Waals surface area contributed by atoms with Gasteiger partial charge < -0.3 is 0 Å². The first kappa shape index (κ1) is 18.0. The van der Waals surface area contributed by atoms with Crippen molar-refractivity contribution in [2.75, 3.05) is 0 Å². The predicted molar refractivity (Wildman–Crippen MR) is 114 cm³/mol. The highest BCUT2D eigenvalue weighted by molar-refractivity contribution is 5.38. The van der Waals surface area contributed by atoms with Gasteiger partial charge in [-0.3, -0.25) is 4.90 Å². The molecule has 1 aliphatic heterocycles. The first-order valence-corrected chi connectivity index (χ1v) is 9.94. The van der Waals surface area contributed by atoms with Crippen LogP contribution < -0.4 is 0 Å². The fraction of sp³-hybridized carbons (Fsp3) is 0.308. The lowest BCUT2D eigenvalue weighted by Crippen LogP contribution is -2.25. The fourth-order valence-corrected chi connectivity index (χ4v) is 3.99. The molecule has 1 heteroatoms. The highest BCUT2D eigenvalue weighted by atomic mass is 15.1. The average molecular weight is 356 g/mol. The Labute approximate surface area is 163 Å². The molecule has 3 aromatic rings. The molecule has 138 valence electrons. The summed E-state index contributed by atoms with van der Waals surface area (Å²) in [5.74, 6) is 0. The third-order valence-electron chi connectivity index (χ3n) is 5.63. The van der Waals surface area contributed by atoms with Crippen molar-refractivity contribution in [2.45, 2.75) is 52.2 Å². The Kier molecular flexibility index (Phi) is 4.88. The van der Waals surface area contributed by atoms with Crippen molar-refractivity contribution < 1.29 is 0 Å². The lowest BCUT2D eigenvalue weighted by Gasteiger charge is -2.28. The van der Waals surface area contributed by atoms with Crippen LogP contribution in [0, 0.1) is 0 Å². The average Bonchev–Trinajstić information content (AvgIpc) is 2.63. The van der Waals surface area contributed by atoms with Crippen LogP contribution in [0.1, 0.15) is 54.2 Å². The van der Waals surface area contributed by atoms with E-state index >= 15 is 0 Å². The minimum Gasteiger partial charge on any atom is -0.291 e. The van der Waals surface area contributed by atoms with E-state index in [1.54, 1.807) is 0 Å². The first-order chi connectivity index (χ1) is 13.0. The molecule has 0 saturated carbocycles. The molecule has 0 unspecified atom stereocenters. The molecule has 0 N–H and O–H groups in total. The van der Waals surface area contributed by atoms with Gasteiger partial charge in [0.15, 0.2) is 0 Å². The van der Waals surface area contributed by atoms with Crippen LogP contribution in [0.4, 0.5) is 0 Å². The van der Waals surface area contributed by atoms with Gasteiger partial charge in [0.25, 0.3) is 0 Å². The van der Waals surface area contributed by atoms with E-state index in [0.717, 1.165) is 26.1 Å². The van der Waals surface area contributed by atoms with E-state index in [0.29, 0.717) is 0 Å². The number of fused-ring (bicyclic) bond motifs is 2. The van der Waals surface area contributed by atoms with E-state index in [1.807, 2.05) is 0 Å². The molecule has 1 aliphatic rings. The van der Waals surface area contributed by atoms with Crippen LogP contribution in [0.5, 0.6) is 0 Å². The predicted octanol–water partition coefficient (Wildman–Crippen LogP) is 6.09. The second-order valence-electron chi connectivity index (χ2n) is 8.81. The summed E-state index contributed by atoms with van der Waals surface area (Å²) in [5, 5.41) is 0. The van der Waals surface area contributed by atoms with Crippen LogP contribution in [-0.4, -0.2) is 4.90 Å². The number of rotatable bonds is 2. The third kappa shape index (κ3) is 4.14. The van der Waals surface area contributed by atoms with E-state index < -0.39 is 0 Å². The van der Waals surface area contributed by atoms with Gasteiger partial charge in [-0.05, 0) is 45.2 Å². The molecule has 3 aromatic carbocycles. The first-order valence-electron chi connectivity index (χ1n) is 9.94. The SMILES string of the molecule is CC(C)(C)c1ccc(CN2Cc3ccccc3Cc3ccccc3C2)cc1. The van der Waals surface area contributed by atoms with Gasteiger partial charge in [-0.25, -0.2) is 0 Å². The fourth-order valence-electron chi connectivity index (χ4n) is 3.99. The molecule has 0 aromatic heterocycles. The van der Waals surface area contributed by atoms with Crippen LogP contribution in [0.3, 0.4) is 0 Å². The summed E-state index contributed by atoms with van der Waals surface area (Å²) in [6, 6.07) is 27.0. The minimum absolute atomic E-state index is 0.205. The summed E-state index contributed by atoms with van der Waals surface area (Å²) in [4.78, 5) is 2.57. The second-order valence-corrected chi connectivity index (χ2v) is 8.81. The molecular formula is C26H29N. The van der Waals surface area contributed by atoms with Gasteiger partial charge in [0.05, 0.1) is 0 Å². The summed E-state index contributed by atoms with van der Waals surface area (Å²) in [6.07, 6.45) is 1.04. The van der Waals surface area contributed by atoms with Gasteiger partial charge >= 0.3 is 0 Å². The molecule has 1 nitrogen and oxygen atoms in total. The molecule has 0 radical (unpaired) electrons. The smallest absolute Gasteiger partial charge is 0.0243 e. The number of hydrogen-bond donors (Lipinski definition) is 0. The molecule has 0 amide bonds. The summed E-state index contributed by atoms with van der Waals surface area (Å²) >= 11 is 0. The number of benzene rings is 3. The standard InChI is InChI=1S/C26H29N/c1-26(2,3)25-14-12-20(13-15-25)17-27-18-23-10-6-4-8-21(23)16-22-9-5-7-11-24(22)19-27/h4-15H,16-19H2,1-3H3. The summed E-state index contributed by atoms with van der Waals surface area (Å²) in [5.41, 5.74) is 8.82. The summed E-state index contributed by atoms with van der Waals surface area (Å²) in [7, 11) is 0. The maximum Gasteiger partial charge on any atom is 0.0243 e. The Morgan fingerprint density at radius 1 is 0.667 bits per heavy atom. The second kappa shape index (κ2) is 7.32. The molecule has 0 saturated heterocycles. The summed E-state index contributed by atoms with van der Waals surface area (Å²) < 4.78 is 0. The van der Waals surface area contributed by atoms with Crippen LogP contribution in [0.15, 0.2) is 72.8 Å². The molecule has 0 aliphatic carbocycles. The third-order valence-corrected chi connectivity index (χ3v) is 5.63. The maximum absolute atomic E-state index is 2.57. The molecular weight excluding hydrogens is 326 g/mol. The Morgan fingerprint density at radius 2 is 1.15 bits per heavy atom. The van der Waals surface area contributed by atoms with Crippen LogP contribution in [0.25, 0.3) is 0 Å².